The Balaban J connectivity index is 1.44. The monoisotopic (exact) mass is 565 g/mol. The Morgan fingerprint density at radius 2 is 1.62 bits per heavy atom. The van der Waals surface area contributed by atoms with E-state index in [4.69, 9.17) is 4.42 Å². The van der Waals surface area contributed by atoms with Crippen molar-refractivity contribution in [2.24, 2.45) is 0 Å². The highest BCUT2D eigenvalue weighted by Gasteiger charge is 2.48. The number of furan rings is 1. The number of amides is 1. The number of ketones is 1. The standard InChI is InChI=1S/C34H29F2N3O3/c1-18-16-38-33(39-17-18)34(11-12-34)15-26(40)25-14-24(19(2)13-20(25)3)23-9-10-27-28(30(23)36)29(32(41)37-4)31(42-27)21-5-7-22(35)8-6-21/h5-10,13-14,16-17H,11-12,15H2,1-4H3,(H,37,41). The molecule has 6 rings (SSSR count). The van der Waals surface area contributed by atoms with E-state index in [2.05, 4.69) is 15.3 Å². The molecule has 212 valence electrons. The Kier molecular flexibility index (Phi) is 6.72. The lowest BCUT2D eigenvalue weighted by molar-refractivity contribution is 0.0957. The lowest BCUT2D eigenvalue weighted by Gasteiger charge is -2.16. The Bertz CT molecular complexity index is 1870. The summed E-state index contributed by atoms with van der Waals surface area (Å²) in [5.74, 6) is -0.839. The lowest BCUT2D eigenvalue weighted by Crippen LogP contribution is -2.18. The predicted molar refractivity (Wildman–Crippen MR) is 156 cm³/mol. The van der Waals surface area contributed by atoms with E-state index >= 15 is 4.39 Å². The van der Waals surface area contributed by atoms with Crippen LogP contribution in [0.1, 0.15) is 62.5 Å². The first-order valence-electron chi connectivity index (χ1n) is 13.8. The minimum absolute atomic E-state index is 0.0208. The first-order valence-corrected chi connectivity index (χ1v) is 13.8. The van der Waals surface area contributed by atoms with Crippen molar-refractivity contribution in [3.63, 3.8) is 0 Å². The molecule has 5 aromatic rings. The van der Waals surface area contributed by atoms with Gasteiger partial charge >= 0.3 is 0 Å². The average molecular weight is 566 g/mol. The summed E-state index contributed by atoms with van der Waals surface area (Å²) in [5.41, 5.74) is 4.13. The van der Waals surface area contributed by atoms with Crippen LogP contribution in [0, 0.1) is 32.4 Å². The van der Waals surface area contributed by atoms with Crippen LogP contribution in [0.15, 0.2) is 65.3 Å². The van der Waals surface area contributed by atoms with Gasteiger partial charge in [-0.3, -0.25) is 9.59 Å². The molecule has 0 aliphatic heterocycles. The van der Waals surface area contributed by atoms with Gasteiger partial charge in [0.05, 0.1) is 10.9 Å². The summed E-state index contributed by atoms with van der Waals surface area (Å²) < 4.78 is 36.0. The predicted octanol–water partition coefficient (Wildman–Crippen LogP) is 7.42. The Morgan fingerprint density at radius 3 is 2.26 bits per heavy atom. The van der Waals surface area contributed by atoms with Gasteiger partial charge in [0.1, 0.15) is 28.8 Å². The molecule has 1 saturated carbocycles. The van der Waals surface area contributed by atoms with E-state index in [-0.39, 0.29) is 45.5 Å². The number of hydrogen-bond donors (Lipinski definition) is 1. The highest BCUT2D eigenvalue weighted by molar-refractivity contribution is 6.12. The molecule has 8 heteroatoms. The molecule has 42 heavy (non-hydrogen) atoms. The fourth-order valence-corrected chi connectivity index (χ4v) is 5.65. The van der Waals surface area contributed by atoms with Crippen LogP contribution in [0.5, 0.6) is 0 Å². The van der Waals surface area contributed by atoms with Gasteiger partial charge < -0.3 is 9.73 Å². The van der Waals surface area contributed by atoms with Gasteiger partial charge in [0, 0.05) is 48.0 Å². The van der Waals surface area contributed by atoms with Crippen LogP contribution in [0.2, 0.25) is 0 Å². The molecule has 0 spiro atoms. The van der Waals surface area contributed by atoms with Crippen LogP contribution < -0.4 is 5.32 Å². The third kappa shape index (κ3) is 4.66. The van der Waals surface area contributed by atoms with Gasteiger partial charge in [-0.1, -0.05) is 6.07 Å². The van der Waals surface area contributed by atoms with Crippen molar-refractivity contribution in [2.45, 2.75) is 45.4 Å². The van der Waals surface area contributed by atoms with Gasteiger partial charge in [0.2, 0.25) is 0 Å². The highest BCUT2D eigenvalue weighted by Crippen LogP contribution is 2.50. The van der Waals surface area contributed by atoms with E-state index in [0.717, 1.165) is 29.5 Å². The second kappa shape index (κ2) is 10.3. The minimum Gasteiger partial charge on any atom is -0.455 e. The van der Waals surface area contributed by atoms with Crippen molar-refractivity contribution >= 4 is 22.7 Å². The molecule has 0 radical (unpaired) electrons. The third-order valence-corrected chi connectivity index (χ3v) is 8.12. The van der Waals surface area contributed by atoms with Crippen LogP contribution in [-0.2, 0) is 5.41 Å². The van der Waals surface area contributed by atoms with Crippen molar-refractivity contribution in [2.75, 3.05) is 7.05 Å². The van der Waals surface area contributed by atoms with Crippen LogP contribution >= 0.6 is 0 Å². The Morgan fingerprint density at radius 1 is 0.929 bits per heavy atom. The number of carbonyl (C=O) groups excluding carboxylic acids is 2. The minimum atomic E-state index is -0.639. The Labute approximate surface area is 241 Å². The largest absolute Gasteiger partial charge is 0.455 e. The number of nitrogens with one attached hydrogen (secondary N) is 1. The molecule has 1 N–H and O–H groups in total. The molecule has 2 heterocycles. The van der Waals surface area contributed by atoms with Gasteiger partial charge in [-0.15, -0.1) is 0 Å². The second-order valence-electron chi connectivity index (χ2n) is 11.1. The number of aryl methyl sites for hydroxylation is 3. The summed E-state index contributed by atoms with van der Waals surface area (Å²) in [7, 11) is 1.45. The zero-order chi connectivity index (χ0) is 29.8. The molecule has 1 amide bonds. The molecule has 0 saturated heterocycles. The van der Waals surface area contributed by atoms with Gasteiger partial charge in [0.25, 0.3) is 5.91 Å². The number of carbonyl (C=O) groups is 2. The fourth-order valence-electron chi connectivity index (χ4n) is 5.65. The van der Waals surface area contributed by atoms with Crippen molar-refractivity contribution in [3.8, 4) is 22.5 Å². The number of nitrogens with zero attached hydrogens (tertiary/aromatic N) is 2. The zero-order valence-corrected chi connectivity index (χ0v) is 23.8. The summed E-state index contributed by atoms with van der Waals surface area (Å²) in [4.78, 5) is 35.7. The molecule has 6 nitrogen and oxygen atoms in total. The summed E-state index contributed by atoms with van der Waals surface area (Å²) in [6, 6.07) is 12.3. The summed E-state index contributed by atoms with van der Waals surface area (Å²) in [6.45, 7) is 5.66. The van der Waals surface area contributed by atoms with E-state index in [9.17, 15) is 14.0 Å². The topological polar surface area (TPSA) is 85.1 Å². The highest BCUT2D eigenvalue weighted by atomic mass is 19.1. The van der Waals surface area contributed by atoms with Gasteiger partial charge in [-0.25, -0.2) is 18.7 Å². The van der Waals surface area contributed by atoms with Crippen LogP contribution in [0.4, 0.5) is 8.78 Å². The number of halogens is 2. The number of Topliss-reactive ketones (excluding diaryl/α,β-unsaturated/α-hetero) is 1. The number of aromatic nitrogens is 2. The SMILES string of the molecule is CNC(=O)c1c(-c2ccc(F)cc2)oc2ccc(-c3cc(C(=O)CC4(c5ncc(C)cn5)CC4)c(C)cc3C)c(F)c12. The molecule has 1 aliphatic rings. The van der Waals surface area contributed by atoms with Crippen LogP contribution in [-0.4, -0.2) is 28.7 Å². The fraction of sp³-hybridized carbons (Fsp3) is 0.235. The van der Waals surface area contributed by atoms with Crippen molar-refractivity contribution in [1.29, 1.82) is 0 Å². The van der Waals surface area contributed by atoms with Crippen molar-refractivity contribution < 1.29 is 22.8 Å². The van der Waals surface area contributed by atoms with Gasteiger partial charge in [-0.2, -0.15) is 0 Å². The molecule has 0 atom stereocenters. The van der Waals surface area contributed by atoms with Crippen molar-refractivity contribution in [1.82, 2.24) is 15.3 Å². The number of rotatable bonds is 7. The van der Waals surface area contributed by atoms with Gasteiger partial charge in [-0.05, 0) is 98.3 Å². The van der Waals surface area contributed by atoms with E-state index in [1.807, 2.05) is 26.8 Å². The zero-order valence-electron chi connectivity index (χ0n) is 23.8. The van der Waals surface area contributed by atoms with Crippen LogP contribution in [0.3, 0.4) is 0 Å². The normalized spacial score (nSPS) is 13.8. The first kappa shape index (κ1) is 27.4. The quantitative estimate of drug-likeness (QED) is 0.208. The number of benzene rings is 3. The average Bonchev–Trinajstić information content (AvgIpc) is 3.64. The maximum Gasteiger partial charge on any atom is 0.255 e. The number of hydrogen-bond acceptors (Lipinski definition) is 5. The van der Waals surface area contributed by atoms with Crippen LogP contribution in [0.25, 0.3) is 33.4 Å². The number of fused-ring (bicyclic) bond motifs is 1. The van der Waals surface area contributed by atoms with E-state index in [1.54, 1.807) is 30.6 Å². The smallest absolute Gasteiger partial charge is 0.255 e. The first-order chi connectivity index (χ1) is 20.1. The molecule has 3 aromatic carbocycles. The van der Waals surface area contributed by atoms with E-state index in [1.165, 1.54) is 31.3 Å². The van der Waals surface area contributed by atoms with Crippen molar-refractivity contribution in [3.05, 3.63) is 106 Å². The maximum atomic E-state index is 16.5. The maximum absolute atomic E-state index is 16.5. The molecule has 1 aliphatic carbocycles. The molecular weight excluding hydrogens is 536 g/mol. The summed E-state index contributed by atoms with van der Waals surface area (Å²) >= 11 is 0. The van der Waals surface area contributed by atoms with E-state index in [0.29, 0.717) is 22.5 Å². The van der Waals surface area contributed by atoms with E-state index < -0.39 is 17.5 Å². The Hall–Kier alpha value is -4.72. The molecule has 2 aromatic heterocycles. The lowest BCUT2D eigenvalue weighted by atomic mass is 9.88. The molecule has 0 bridgehead atoms. The second-order valence-corrected chi connectivity index (χ2v) is 11.1. The third-order valence-electron chi connectivity index (χ3n) is 8.12. The summed E-state index contributed by atoms with van der Waals surface area (Å²) in [5, 5.41) is 2.58. The molecule has 0 unspecified atom stereocenters. The summed E-state index contributed by atoms with van der Waals surface area (Å²) in [6.07, 6.45) is 5.48. The molecular formula is C34H29F2N3O3. The molecule has 1 fully saturated rings. The van der Waals surface area contributed by atoms with Gasteiger partial charge in [0.15, 0.2) is 5.78 Å².